The highest BCUT2D eigenvalue weighted by atomic mass is 32.2. The summed E-state index contributed by atoms with van der Waals surface area (Å²) >= 11 is 1.46. The molecule has 0 saturated carbocycles. The number of para-hydroxylation sites is 1. The molecule has 2 heterocycles. The van der Waals surface area contributed by atoms with Crippen molar-refractivity contribution in [3.63, 3.8) is 0 Å². The van der Waals surface area contributed by atoms with Crippen LogP contribution < -0.4 is 9.64 Å². The second-order valence-electron chi connectivity index (χ2n) is 6.58. The van der Waals surface area contributed by atoms with Gasteiger partial charge in [-0.05, 0) is 44.0 Å². The molecule has 2 aromatic carbocycles. The molecule has 0 saturated heterocycles. The summed E-state index contributed by atoms with van der Waals surface area (Å²) in [6, 6.07) is 14.0. The number of thioether (sulfide) groups is 1. The van der Waals surface area contributed by atoms with E-state index < -0.39 is 0 Å². The number of imidazole rings is 1. The fourth-order valence-electron chi connectivity index (χ4n) is 3.46. The van der Waals surface area contributed by atoms with Gasteiger partial charge in [0.2, 0.25) is 5.91 Å². The number of rotatable bonds is 4. The Morgan fingerprint density at radius 2 is 2.15 bits per heavy atom. The molecule has 5 nitrogen and oxygen atoms in total. The third kappa shape index (κ3) is 2.94. The van der Waals surface area contributed by atoms with Crippen LogP contribution in [0.15, 0.2) is 47.6 Å². The standard InChI is InChI=1S/C20H21N3O2S/c1-12-10-14-6-4-5-7-18(14)23(12)19(24)13(2)26-20-21-16-9-8-15(25-3)11-17(16)22-20/h4-9,11-13H,10H2,1-3H3,(H,21,22)/t12-,13+/m0/s1. The fourth-order valence-corrected chi connectivity index (χ4v) is 4.33. The normalized spacial score (nSPS) is 17.3. The van der Waals surface area contributed by atoms with E-state index in [9.17, 15) is 4.79 Å². The molecule has 2 atom stereocenters. The number of carbonyl (C=O) groups is 1. The van der Waals surface area contributed by atoms with Crippen LogP contribution in [-0.4, -0.2) is 34.3 Å². The van der Waals surface area contributed by atoms with Crippen molar-refractivity contribution < 1.29 is 9.53 Å². The number of hydrogen-bond donors (Lipinski definition) is 1. The highest BCUT2D eigenvalue weighted by Gasteiger charge is 2.33. The number of methoxy groups -OCH3 is 1. The number of carbonyl (C=O) groups excluding carboxylic acids is 1. The summed E-state index contributed by atoms with van der Waals surface area (Å²) in [5.41, 5.74) is 4.05. The number of nitrogens with one attached hydrogen (secondary N) is 1. The van der Waals surface area contributed by atoms with Crippen LogP contribution in [0.5, 0.6) is 5.75 Å². The third-order valence-electron chi connectivity index (χ3n) is 4.75. The maximum Gasteiger partial charge on any atom is 0.240 e. The Morgan fingerprint density at radius 1 is 1.35 bits per heavy atom. The Kier molecular flexibility index (Phi) is 4.36. The molecule has 26 heavy (non-hydrogen) atoms. The number of hydrogen-bond acceptors (Lipinski definition) is 4. The molecular formula is C20H21N3O2S. The lowest BCUT2D eigenvalue weighted by atomic mass is 10.1. The van der Waals surface area contributed by atoms with Crippen LogP contribution in [0.1, 0.15) is 19.4 Å². The van der Waals surface area contributed by atoms with Gasteiger partial charge < -0.3 is 14.6 Å². The van der Waals surface area contributed by atoms with Crippen LogP contribution >= 0.6 is 11.8 Å². The van der Waals surface area contributed by atoms with Crippen molar-refractivity contribution >= 4 is 34.4 Å². The highest BCUT2D eigenvalue weighted by Crippen LogP contribution is 2.34. The Labute approximate surface area is 156 Å². The van der Waals surface area contributed by atoms with Crippen LogP contribution in [0.2, 0.25) is 0 Å². The fraction of sp³-hybridized carbons (Fsp3) is 0.300. The van der Waals surface area contributed by atoms with Crippen LogP contribution in [0, 0.1) is 0 Å². The largest absolute Gasteiger partial charge is 0.497 e. The Bertz CT molecular complexity index is 969. The van der Waals surface area contributed by atoms with Gasteiger partial charge in [-0.3, -0.25) is 4.79 Å². The summed E-state index contributed by atoms with van der Waals surface area (Å²) < 4.78 is 5.25. The van der Waals surface area contributed by atoms with E-state index in [0.717, 1.165) is 34.0 Å². The van der Waals surface area contributed by atoms with Crippen LogP contribution in [0.4, 0.5) is 5.69 Å². The summed E-state index contributed by atoms with van der Waals surface area (Å²) in [6.07, 6.45) is 0.906. The van der Waals surface area contributed by atoms with Gasteiger partial charge in [0.15, 0.2) is 5.16 Å². The van der Waals surface area contributed by atoms with Crippen molar-refractivity contribution in [3.05, 3.63) is 48.0 Å². The monoisotopic (exact) mass is 367 g/mol. The quantitative estimate of drug-likeness (QED) is 0.708. The second-order valence-corrected chi connectivity index (χ2v) is 7.90. The van der Waals surface area contributed by atoms with E-state index in [1.807, 2.05) is 48.2 Å². The van der Waals surface area contributed by atoms with Gasteiger partial charge in [0.1, 0.15) is 5.75 Å². The molecule has 0 bridgehead atoms. The second kappa shape index (κ2) is 6.68. The summed E-state index contributed by atoms with van der Waals surface area (Å²) in [6.45, 7) is 4.04. The van der Waals surface area contributed by atoms with Crippen LogP contribution in [0.25, 0.3) is 11.0 Å². The number of aromatic amines is 1. The predicted molar refractivity (Wildman–Crippen MR) is 105 cm³/mol. The average molecular weight is 367 g/mol. The Hall–Kier alpha value is -2.47. The zero-order valence-corrected chi connectivity index (χ0v) is 15.8. The Balaban J connectivity index is 1.54. The van der Waals surface area contributed by atoms with E-state index in [1.165, 1.54) is 17.3 Å². The predicted octanol–water partition coefficient (Wildman–Crippen LogP) is 4.03. The molecule has 0 fully saturated rings. The molecule has 0 spiro atoms. The van der Waals surface area contributed by atoms with Gasteiger partial charge in [-0.15, -0.1) is 0 Å². The van der Waals surface area contributed by atoms with Crippen molar-refractivity contribution in [1.29, 1.82) is 0 Å². The number of benzene rings is 2. The van der Waals surface area contributed by atoms with E-state index >= 15 is 0 Å². The molecule has 3 aromatic rings. The number of fused-ring (bicyclic) bond motifs is 2. The minimum Gasteiger partial charge on any atom is -0.497 e. The number of ether oxygens (including phenoxy) is 1. The first-order valence-electron chi connectivity index (χ1n) is 8.68. The van der Waals surface area contributed by atoms with E-state index in [4.69, 9.17) is 4.74 Å². The van der Waals surface area contributed by atoms with Gasteiger partial charge in [-0.2, -0.15) is 0 Å². The maximum atomic E-state index is 13.1. The van der Waals surface area contributed by atoms with Crippen molar-refractivity contribution in [2.75, 3.05) is 12.0 Å². The number of H-pyrrole nitrogens is 1. The minimum atomic E-state index is -0.230. The molecule has 0 unspecified atom stereocenters. The van der Waals surface area contributed by atoms with Gasteiger partial charge in [0.05, 0.1) is 23.4 Å². The number of nitrogens with zero attached hydrogens (tertiary/aromatic N) is 2. The lowest BCUT2D eigenvalue weighted by molar-refractivity contribution is -0.118. The summed E-state index contributed by atoms with van der Waals surface area (Å²) in [7, 11) is 1.64. The molecule has 1 aliphatic rings. The first-order chi connectivity index (χ1) is 12.6. The SMILES string of the molecule is COc1ccc2nc(S[C@H](C)C(=O)N3c4ccccc4C[C@@H]3C)[nH]c2c1. The van der Waals surface area contributed by atoms with E-state index in [-0.39, 0.29) is 17.2 Å². The van der Waals surface area contributed by atoms with Crippen LogP contribution in [0.3, 0.4) is 0 Å². The molecule has 1 amide bonds. The summed E-state index contributed by atoms with van der Waals surface area (Å²) in [5.74, 6) is 0.898. The number of amides is 1. The maximum absolute atomic E-state index is 13.1. The minimum absolute atomic E-state index is 0.116. The van der Waals surface area contributed by atoms with E-state index in [1.54, 1.807) is 7.11 Å². The lowest BCUT2D eigenvalue weighted by Gasteiger charge is -2.25. The molecular weight excluding hydrogens is 346 g/mol. The van der Waals surface area contributed by atoms with Crippen molar-refractivity contribution in [2.45, 2.75) is 36.7 Å². The first-order valence-corrected chi connectivity index (χ1v) is 9.56. The number of aromatic nitrogens is 2. The first kappa shape index (κ1) is 17.0. The van der Waals surface area contributed by atoms with Crippen molar-refractivity contribution in [2.24, 2.45) is 0 Å². The topological polar surface area (TPSA) is 58.2 Å². The summed E-state index contributed by atoms with van der Waals surface area (Å²) in [4.78, 5) is 22.9. The highest BCUT2D eigenvalue weighted by molar-refractivity contribution is 8.00. The summed E-state index contributed by atoms with van der Waals surface area (Å²) in [5, 5.41) is 0.514. The average Bonchev–Trinajstić information content (AvgIpc) is 3.19. The van der Waals surface area contributed by atoms with E-state index in [2.05, 4.69) is 23.0 Å². The molecule has 0 radical (unpaired) electrons. The number of anilines is 1. The zero-order valence-electron chi connectivity index (χ0n) is 15.0. The molecule has 134 valence electrons. The zero-order chi connectivity index (χ0) is 18.3. The van der Waals surface area contributed by atoms with Crippen molar-refractivity contribution in [3.8, 4) is 5.75 Å². The third-order valence-corrected chi connectivity index (χ3v) is 5.72. The Morgan fingerprint density at radius 3 is 2.96 bits per heavy atom. The molecule has 4 rings (SSSR count). The lowest BCUT2D eigenvalue weighted by Crippen LogP contribution is -2.40. The molecule has 6 heteroatoms. The van der Waals surface area contributed by atoms with Gasteiger partial charge >= 0.3 is 0 Å². The van der Waals surface area contributed by atoms with Gasteiger partial charge in [-0.1, -0.05) is 30.0 Å². The van der Waals surface area contributed by atoms with Gasteiger partial charge in [-0.25, -0.2) is 4.98 Å². The smallest absolute Gasteiger partial charge is 0.240 e. The van der Waals surface area contributed by atoms with Gasteiger partial charge in [0, 0.05) is 17.8 Å². The van der Waals surface area contributed by atoms with Crippen molar-refractivity contribution in [1.82, 2.24) is 9.97 Å². The molecule has 1 aliphatic heterocycles. The van der Waals surface area contributed by atoms with E-state index in [0.29, 0.717) is 0 Å². The van der Waals surface area contributed by atoms with Crippen LogP contribution in [-0.2, 0) is 11.2 Å². The molecule has 1 N–H and O–H groups in total. The van der Waals surface area contributed by atoms with Gasteiger partial charge in [0.25, 0.3) is 0 Å². The molecule has 0 aliphatic carbocycles. The molecule has 1 aromatic heterocycles.